The third-order valence-corrected chi connectivity index (χ3v) is 5.21. The maximum atomic E-state index is 13.9. The molecule has 0 saturated carbocycles. The summed E-state index contributed by atoms with van der Waals surface area (Å²) in [6, 6.07) is 3.72. The van der Waals surface area contributed by atoms with Gasteiger partial charge in [0.1, 0.15) is 4.90 Å². The summed E-state index contributed by atoms with van der Waals surface area (Å²) in [6.07, 6.45) is -1.07. The van der Waals surface area contributed by atoms with E-state index >= 15 is 0 Å². The Bertz CT molecular complexity index is 651. The number of ether oxygens (including phenoxy) is 1. The molecule has 1 unspecified atom stereocenters. The van der Waals surface area contributed by atoms with Crippen LogP contribution in [0.2, 0.25) is 5.02 Å². The minimum Gasteiger partial charge on any atom is -0.481 e. The maximum Gasteiger partial charge on any atom is 0.306 e. The number of halogens is 2. The fourth-order valence-electron chi connectivity index (χ4n) is 2.05. The first-order chi connectivity index (χ1) is 9.82. The highest BCUT2D eigenvalue weighted by Crippen LogP contribution is 2.26. The zero-order chi connectivity index (χ0) is 15.6. The van der Waals surface area contributed by atoms with Crippen LogP contribution in [0.25, 0.3) is 0 Å². The van der Waals surface area contributed by atoms with E-state index in [1.807, 2.05) is 0 Å². The van der Waals surface area contributed by atoms with Crippen molar-refractivity contribution in [3.05, 3.63) is 29.0 Å². The second-order valence-electron chi connectivity index (χ2n) is 4.51. The van der Waals surface area contributed by atoms with Crippen LogP contribution in [0, 0.1) is 5.82 Å². The van der Waals surface area contributed by atoms with Crippen molar-refractivity contribution in [2.45, 2.75) is 17.4 Å². The molecule has 0 bridgehead atoms. The summed E-state index contributed by atoms with van der Waals surface area (Å²) < 4.78 is 44.9. The molecule has 1 aliphatic rings. The predicted molar refractivity (Wildman–Crippen MR) is 72.2 cm³/mol. The quantitative estimate of drug-likeness (QED) is 0.896. The van der Waals surface area contributed by atoms with Crippen LogP contribution in [-0.4, -0.2) is 49.6 Å². The molecule has 9 heteroatoms. The summed E-state index contributed by atoms with van der Waals surface area (Å²) in [5, 5.41) is 8.44. The predicted octanol–water partition coefficient (Wildman–Crippen LogP) is 1.34. The van der Waals surface area contributed by atoms with Crippen molar-refractivity contribution in [3.8, 4) is 0 Å². The minimum atomic E-state index is -4.08. The van der Waals surface area contributed by atoms with E-state index in [-0.39, 0.29) is 31.1 Å². The Morgan fingerprint density at radius 3 is 2.90 bits per heavy atom. The van der Waals surface area contributed by atoms with Crippen molar-refractivity contribution in [3.63, 3.8) is 0 Å². The van der Waals surface area contributed by atoms with Crippen molar-refractivity contribution < 1.29 is 27.4 Å². The van der Waals surface area contributed by atoms with Gasteiger partial charge in [-0.15, -0.1) is 0 Å². The molecular formula is C12H13ClFNO5S. The largest absolute Gasteiger partial charge is 0.481 e. The van der Waals surface area contributed by atoms with Gasteiger partial charge in [0.25, 0.3) is 0 Å². The Labute approximate surface area is 126 Å². The van der Waals surface area contributed by atoms with Gasteiger partial charge in [0.2, 0.25) is 10.0 Å². The van der Waals surface area contributed by atoms with Gasteiger partial charge in [-0.25, -0.2) is 12.8 Å². The van der Waals surface area contributed by atoms with E-state index in [1.54, 1.807) is 0 Å². The Balaban J connectivity index is 2.27. The number of carbonyl (C=O) groups is 1. The van der Waals surface area contributed by atoms with Crippen molar-refractivity contribution in [1.82, 2.24) is 4.31 Å². The van der Waals surface area contributed by atoms with Crippen LogP contribution < -0.4 is 0 Å². The molecule has 1 aromatic rings. The van der Waals surface area contributed by atoms with E-state index in [1.165, 1.54) is 12.1 Å². The Morgan fingerprint density at radius 2 is 2.24 bits per heavy atom. The summed E-state index contributed by atoms with van der Waals surface area (Å²) in [5.41, 5.74) is 0. The first kappa shape index (κ1) is 16.2. The number of hydrogen-bond donors (Lipinski definition) is 1. The van der Waals surface area contributed by atoms with Gasteiger partial charge < -0.3 is 9.84 Å². The summed E-state index contributed by atoms with van der Waals surface area (Å²) in [5.74, 6) is -2.10. The van der Waals surface area contributed by atoms with Crippen molar-refractivity contribution in [2.24, 2.45) is 0 Å². The first-order valence-electron chi connectivity index (χ1n) is 6.10. The Kier molecular flexibility index (Phi) is 4.82. The molecule has 1 N–H and O–H groups in total. The lowest BCUT2D eigenvalue weighted by molar-refractivity contribution is -0.141. The molecule has 0 spiro atoms. The van der Waals surface area contributed by atoms with Gasteiger partial charge in [0.15, 0.2) is 5.82 Å². The molecule has 1 atom stereocenters. The number of aliphatic carboxylic acids is 1. The molecule has 0 amide bonds. The van der Waals surface area contributed by atoms with Crippen LogP contribution in [0.15, 0.2) is 23.1 Å². The van der Waals surface area contributed by atoms with E-state index in [4.69, 9.17) is 21.4 Å². The molecular weight excluding hydrogens is 325 g/mol. The van der Waals surface area contributed by atoms with Crippen LogP contribution in [0.1, 0.15) is 6.42 Å². The first-order valence-corrected chi connectivity index (χ1v) is 7.91. The Morgan fingerprint density at radius 1 is 1.52 bits per heavy atom. The maximum absolute atomic E-state index is 13.9. The third-order valence-electron chi connectivity index (χ3n) is 3.04. The molecule has 1 heterocycles. The van der Waals surface area contributed by atoms with E-state index in [0.29, 0.717) is 0 Å². The summed E-state index contributed by atoms with van der Waals surface area (Å²) in [4.78, 5) is 10.1. The third kappa shape index (κ3) is 3.52. The average molecular weight is 338 g/mol. The molecule has 0 aromatic heterocycles. The molecule has 1 aromatic carbocycles. The van der Waals surface area contributed by atoms with Crippen molar-refractivity contribution in [2.75, 3.05) is 19.7 Å². The van der Waals surface area contributed by atoms with Crippen LogP contribution in [0.3, 0.4) is 0 Å². The number of carboxylic acid groups (broad SMARTS) is 1. The number of morpholine rings is 1. The number of nitrogens with zero attached hydrogens (tertiary/aromatic N) is 1. The second kappa shape index (κ2) is 6.27. The summed E-state index contributed by atoms with van der Waals surface area (Å²) in [6.45, 7) is -0.0512. The van der Waals surface area contributed by atoms with Crippen molar-refractivity contribution >= 4 is 27.6 Å². The number of hydrogen-bond acceptors (Lipinski definition) is 4. The summed E-state index contributed by atoms with van der Waals surface area (Å²) in [7, 11) is -4.08. The molecule has 1 aliphatic heterocycles. The minimum absolute atomic E-state index is 0.0321. The summed E-state index contributed by atoms with van der Waals surface area (Å²) >= 11 is 5.60. The lowest BCUT2D eigenvalue weighted by Crippen LogP contribution is -2.46. The van der Waals surface area contributed by atoms with E-state index in [0.717, 1.165) is 10.4 Å². The molecule has 1 fully saturated rings. The second-order valence-corrected chi connectivity index (χ2v) is 6.82. The number of carboxylic acids is 1. The Hall–Kier alpha value is -1.22. The monoisotopic (exact) mass is 337 g/mol. The van der Waals surface area contributed by atoms with Gasteiger partial charge in [0.05, 0.1) is 24.2 Å². The molecule has 116 valence electrons. The molecule has 6 nitrogen and oxygen atoms in total. The zero-order valence-electron chi connectivity index (χ0n) is 10.8. The SMILES string of the molecule is O=C(O)CC1CN(S(=O)(=O)c2cccc(Cl)c2F)CCO1. The van der Waals surface area contributed by atoms with E-state index < -0.39 is 32.8 Å². The van der Waals surface area contributed by atoms with Crippen molar-refractivity contribution in [1.29, 1.82) is 0 Å². The molecule has 21 heavy (non-hydrogen) atoms. The number of sulfonamides is 1. The highest BCUT2D eigenvalue weighted by Gasteiger charge is 2.33. The van der Waals surface area contributed by atoms with Crippen LogP contribution in [0.5, 0.6) is 0 Å². The molecule has 1 saturated heterocycles. The number of rotatable bonds is 4. The topological polar surface area (TPSA) is 83.9 Å². The lowest BCUT2D eigenvalue weighted by atomic mass is 10.2. The van der Waals surface area contributed by atoms with Gasteiger partial charge in [0, 0.05) is 13.1 Å². The highest BCUT2D eigenvalue weighted by atomic mass is 35.5. The highest BCUT2D eigenvalue weighted by molar-refractivity contribution is 7.89. The molecule has 0 radical (unpaired) electrons. The fourth-order valence-corrected chi connectivity index (χ4v) is 3.82. The smallest absolute Gasteiger partial charge is 0.306 e. The van der Waals surface area contributed by atoms with Gasteiger partial charge in [-0.2, -0.15) is 4.31 Å². The van der Waals surface area contributed by atoms with E-state index in [2.05, 4.69) is 0 Å². The van der Waals surface area contributed by atoms with Crippen LogP contribution >= 0.6 is 11.6 Å². The molecule has 2 rings (SSSR count). The van der Waals surface area contributed by atoms with Gasteiger partial charge >= 0.3 is 5.97 Å². The normalized spacial score (nSPS) is 20.4. The lowest BCUT2D eigenvalue weighted by Gasteiger charge is -2.31. The molecule has 0 aliphatic carbocycles. The van der Waals surface area contributed by atoms with Crippen LogP contribution in [0.4, 0.5) is 4.39 Å². The van der Waals surface area contributed by atoms with Gasteiger partial charge in [-0.3, -0.25) is 4.79 Å². The van der Waals surface area contributed by atoms with E-state index in [9.17, 15) is 17.6 Å². The fraction of sp³-hybridized carbons (Fsp3) is 0.417. The number of benzene rings is 1. The zero-order valence-corrected chi connectivity index (χ0v) is 12.4. The van der Waals surface area contributed by atoms with Gasteiger partial charge in [-0.05, 0) is 12.1 Å². The van der Waals surface area contributed by atoms with Crippen LogP contribution in [-0.2, 0) is 19.6 Å². The average Bonchev–Trinajstić information content (AvgIpc) is 2.41. The standard InChI is InChI=1S/C12H13ClFNO5S/c13-9-2-1-3-10(12(9)14)21(18,19)15-4-5-20-8(7-15)6-11(16)17/h1-3,8H,4-7H2,(H,16,17). The van der Waals surface area contributed by atoms with Gasteiger partial charge in [-0.1, -0.05) is 17.7 Å².